The summed E-state index contributed by atoms with van der Waals surface area (Å²) in [5.74, 6) is -1.22. The van der Waals surface area contributed by atoms with Crippen LogP contribution in [0.4, 0.5) is 10.2 Å². The lowest BCUT2D eigenvalue weighted by molar-refractivity contribution is -0.197. The van der Waals surface area contributed by atoms with E-state index in [1.807, 2.05) is 30.3 Å². The first-order valence-corrected chi connectivity index (χ1v) is 14.2. The van der Waals surface area contributed by atoms with Gasteiger partial charge < -0.3 is 15.3 Å². The van der Waals surface area contributed by atoms with E-state index in [9.17, 15) is 18.8 Å². The van der Waals surface area contributed by atoms with Crippen LogP contribution in [0, 0.1) is 12.7 Å². The number of carbonyl (C=O) groups excluding carboxylic acids is 2. The molecule has 43 heavy (non-hydrogen) atoms. The Bertz CT molecular complexity index is 1660. The number of nitrogen functional groups attached to an aromatic ring is 1. The van der Waals surface area contributed by atoms with Crippen LogP contribution in [0.15, 0.2) is 89.7 Å². The molecule has 1 aromatic heterocycles. The number of ether oxygens (including phenoxy) is 1. The van der Waals surface area contributed by atoms with Gasteiger partial charge in [-0.1, -0.05) is 42.5 Å². The van der Waals surface area contributed by atoms with Crippen molar-refractivity contribution in [1.29, 1.82) is 0 Å². The summed E-state index contributed by atoms with van der Waals surface area (Å²) in [7, 11) is 1.51. The maximum Gasteiger partial charge on any atom is 0.330 e. The Balaban J connectivity index is 1.40. The highest BCUT2D eigenvalue weighted by molar-refractivity contribution is 6.11. The molecule has 9 heteroatoms. The largest absolute Gasteiger partial charge is 0.461 e. The van der Waals surface area contributed by atoms with Crippen LogP contribution in [0.3, 0.4) is 0 Å². The number of benzene rings is 3. The molecule has 4 aromatic rings. The second-order valence-electron chi connectivity index (χ2n) is 10.7. The van der Waals surface area contributed by atoms with E-state index in [4.69, 9.17) is 15.3 Å². The van der Waals surface area contributed by atoms with Gasteiger partial charge >= 0.3 is 5.97 Å². The Morgan fingerprint density at radius 1 is 1.00 bits per heavy atom. The molecule has 8 nitrogen and oxygen atoms in total. The van der Waals surface area contributed by atoms with E-state index in [1.54, 1.807) is 36.3 Å². The Morgan fingerprint density at radius 2 is 1.70 bits per heavy atom. The van der Waals surface area contributed by atoms with Gasteiger partial charge in [0.05, 0.1) is 24.9 Å². The number of hydroxylamine groups is 2. The fraction of sp³-hybridized carbons (Fsp3) is 0.265. The highest BCUT2D eigenvalue weighted by Gasteiger charge is 2.32. The molecule has 0 radical (unpaired) electrons. The van der Waals surface area contributed by atoms with Gasteiger partial charge in [-0.3, -0.25) is 14.2 Å². The molecule has 2 N–H and O–H groups in total. The molecule has 0 saturated heterocycles. The van der Waals surface area contributed by atoms with Gasteiger partial charge in [-0.25, -0.2) is 9.18 Å². The van der Waals surface area contributed by atoms with E-state index in [0.29, 0.717) is 11.3 Å². The van der Waals surface area contributed by atoms with Gasteiger partial charge in [-0.05, 0) is 85.7 Å². The summed E-state index contributed by atoms with van der Waals surface area (Å²) in [6, 6.07) is 22.3. The number of esters is 1. The van der Waals surface area contributed by atoms with Crippen LogP contribution >= 0.6 is 0 Å². The van der Waals surface area contributed by atoms with Gasteiger partial charge in [-0.15, -0.1) is 0 Å². The lowest BCUT2D eigenvalue weighted by Crippen LogP contribution is -2.35. The van der Waals surface area contributed by atoms with Crippen molar-refractivity contribution in [3.8, 4) is 5.69 Å². The summed E-state index contributed by atoms with van der Waals surface area (Å²) in [6.07, 6.45) is 3.73. The number of halogens is 1. The predicted octanol–water partition coefficient (Wildman–Crippen LogP) is 5.69. The number of ketones is 1. The zero-order valence-electron chi connectivity index (χ0n) is 24.2. The van der Waals surface area contributed by atoms with E-state index in [0.717, 1.165) is 36.8 Å². The van der Waals surface area contributed by atoms with Crippen molar-refractivity contribution in [3.63, 3.8) is 0 Å². The lowest BCUT2D eigenvalue weighted by Gasteiger charge is -2.29. The molecule has 1 unspecified atom stereocenters. The Hall–Kier alpha value is -4.60. The minimum absolute atomic E-state index is 0.0236. The van der Waals surface area contributed by atoms with E-state index in [-0.39, 0.29) is 35.6 Å². The van der Waals surface area contributed by atoms with Crippen molar-refractivity contribution < 1.29 is 23.6 Å². The number of aromatic nitrogens is 1. The Kier molecular flexibility index (Phi) is 9.13. The van der Waals surface area contributed by atoms with E-state index in [1.165, 1.54) is 42.0 Å². The number of hydrogen-bond acceptors (Lipinski definition) is 7. The minimum atomic E-state index is -0.775. The molecular formula is C34H34FN3O5. The maximum atomic E-state index is 13.8. The number of nitrogens with zero attached hydrogens (tertiary/aromatic N) is 2. The molecular weight excluding hydrogens is 549 g/mol. The molecule has 1 atom stereocenters. The fourth-order valence-corrected chi connectivity index (χ4v) is 5.44. The van der Waals surface area contributed by atoms with Gasteiger partial charge in [-0.2, -0.15) is 5.06 Å². The molecule has 1 aliphatic carbocycles. The quantitative estimate of drug-likeness (QED) is 0.145. The van der Waals surface area contributed by atoms with Crippen LogP contribution in [-0.4, -0.2) is 34.6 Å². The molecule has 0 bridgehead atoms. The molecule has 222 valence electrons. The molecule has 1 heterocycles. The van der Waals surface area contributed by atoms with Crippen molar-refractivity contribution in [2.75, 3.05) is 12.8 Å². The van der Waals surface area contributed by atoms with Crippen molar-refractivity contribution in [3.05, 3.63) is 129 Å². The first kappa shape index (κ1) is 29.9. The third kappa shape index (κ3) is 6.58. The number of nitrogens with two attached hydrogens (primary N) is 1. The fourth-order valence-electron chi connectivity index (χ4n) is 5.44. The van der Waals surface area contributed by atoms with Crippen molar-refractivity contribution in [2.45, 2.75) is 51.3 Å². The monoisotopic (exact) mass is 583 g/mol. The summed E-state index contributed by atoms with van der Waals surface area (Å²) in [5.41, 5.74) is 8.70. The Labute approximate surface area is 249 Å². The first-order chi connectivity index (χ1) is 20.8. The van der Waals surface area contributed by atoms with E-state index >= 15 is 0 Å². The van der Waals surface area contributed by atoms with Crippen molar-refractivity contribution >= 4 is 17.6 Å². The number of pyridine rings is 1. The maximum absolute atomic E-state index is 13.8. The molecule has 0 spiro atoms. The van der Waals surface area contributed by atoms with Gasteiger partial charge in [0.1, 0.15) is 17.7 Å². The zero-order valence-corrected chi connectivity index (χ0v) is 24.2. The smallest absolute Gasteiger partial charge is 0.330 e. The minimum Gasteiger partial charge on any atom is -0.461 e. The third-order valence-corrected chi connectivity index (χ3v) is 7.77. The number of aryl methyl sites for hydroxylation is 1. The SMILES string of the molecule is CON(Cc1ccc(-n2c(N)c(C(=O)c3ccc(F)c(C)c3)ccc2=O)cc1)C(C(=O)OC1CCCC1)c1ccccc1. The third-order valence-electron chi connectivity index (χ3n) is 7.77. The molecule has 5 rings (SSSR count). The second kappa shape index (κ2) is 13.1. The van der Waals surface area contributed by atoms with Crippen LogP contribution in [0.1, 0.15) is 64.3 Å². The van der Waals surface area contributed by atoms with Crippen LogP contribution in [0.2, 0.25) is 0 Å². The summed E-state index contributed by atoms with van der Waals surface area (Å²) in [6.45, 7) is 1.83. The summed E-state index contributed by atoms with van der Waals surface area (Å²) in [5, 5.41) is 1.58. The summed E-state index contributed by atoms with van der Waals surface area (Å²) in [4.78, 5) is 45.2. The normalized spacial score (nSPS) is 14.1. The van der Waals surface area contributed by atoms with E-state index in [2.05, 4.69) is 0 Å². The van der Waals surface area contributed by atoms with E-state index < -0.39 is 23.2 Å². The lowest BCUT2D eigenvalue weighted by atomic mass is 10.0. The topological polar surface area (TPSA) is 104 Å². The van der Waals surface area contributed by atoms with Gasteiger partial charge in [0.25, 0.3) is 5.56 Å². The number of anilines is 1. The summed E-state index contributed by atoms with van der Waals surface area (Å²) >= 11 is 0. The highest BCUT2D eigenvalue weighted by Crippen LogP contribution is 2.29. The molecule has 1 aliphatic rings. The zero-order chi connectivity index (χ0) is 30.5. The summed E-state index contributed by atoms with van der Waals surface area (Å²) < 4.78 is 20.9. The van der Waals surface area contributed by atoms with Crippen molar-refractivity contribution in [1.82, 2.24) is 9.63 Å². The van der Waals surface area contributed by atoms with Gasteiger partial charge in [0, 0.05) is 11.6 Å². The molecule has 1 saturated carbocycles. The molecule has 1 fully saturated rings. The molecule has 3 aromatic carbocycles. The molecule has 0 amide bonds. The standard InChI is InChI=1S/C34H34FN3O5/c1-22-20-25(14-18-29(22)35)32(40)28-17-19-30(39)38(33(28)36)26-15-12-23(13-16-26)21-37(42-2)31(24-8-4-3-5-9-24)34(41)43-27-10-6-7-11-27/h3-5,8-9,12-20,27,31H,6-7,10-11,21,36H2,1-2H3. The van der Waals surface area contributed by atoms with Gasteiger partial charge in [0.15, 0.2) is 11.8 Å². The van der Waals surface area contributed by atoms with Crippen LogP contribution in [0.5, 0.6) is 0 Å². The van der Waals surface area contributed by atoms with Crippen LogP contribution in [-0.2, 0) is 20.9 Å². The average Bonchev–Trinajstić information content (AvgIpc) is 3.52. The van der Waals surface area contributed by atoms with Crippen LogP contribution in [0.25, 0.3) is 5.69 Å². The average molecular weight is 584 g/mol. The van der Waals surface area contributed by atoms with Gasteiger partial charge in [0.2, 0.25) is 0 Å². The second-order valence-corrected chi connectivity index (χ2v) is 10.7. The number of carbonyl (C=O) groups is 2. The first-order valence-electron chi connectivity index (χ1n) is 14.2. The van der Waals surface area contributed by atoms with Crippen molar-refractivity contribution in [2.24, 2.45) is 0 Å². The Morgan fingerprint density at radius 3 is 2.35 bits per heavy atom. The predicted molar refractivity (Wildman–Crippen MR) is 161 cm³/mol. The number of rotatable bonds is 10. The van der Waals surface area contributed by atoms with Crippen LogP contribution < -0.4 is 11.3 Å². The molecule has 0 aliphatic heterocycles. The number of hydrogen-bond donors (Lipinski definition) is 1. The highest BCUT2D eigenvalue weighted by atomic mass is 19.1.